The van der Waals surface area contributed by atoms with Crippen LogP contribution in [-0.4, -0.2) is 23.5 Å². The first-order valence-corrected chi connectivity index (χ1v) is 11.7. The van der Waals surface area contributed by atoms with Crippen LogP contribution in [0.1, 0.15) is 26.4 Å². The molecule has 0 unspecified atom stereocenters. The number of hydrogen-bond donors (Lipinski definition) is 2. The molecule has 0 fully saturated rings. The molecule has 5 aromatic rings. The van der Waals surface area contributed by atoms with E-state index >= 15 is 0 Å². The fraction of sp³-hybridized carbons (Fsp3) is 0.0667. The van der Waals surface area contributed by atoms with Gasteiger partial charge in [-0.2, -0.15) is 0 Å². The van der Waals surface area contributed by atoms with E-state index in [1.165, 1.54) is 12.1 Å². The van der Waals surface area contributed by atoms with E-state index in [1.54, 1.807) is 49.6 Å². The summed E-state index contributed by atoms with van der Waals surface area (Å²) in [6.45, 7) is 0.302. The number of benzene rings is 4. The number of para-hydroxylation sites is 1. The van der Waals surface area contributed by atoms with E-state index in [-0.39, 0.29) is 17.6 Å². The molecule has 1 aromatic heterocycles. The minimum Gasteiger partial charge on any atom is -0.497 e. The highest BCUT2D eigenvalue weighted by Gasteiger charge is 2.17. The van der Waals surface area contributed by atoms with Crippen LogP contribution in [0.3, 0.4) is 0 Å². The lowest BCUT2D eigenvalue weighted by Crippen LogP contribution is -2.17. The second-order valence-corrected chi connectivity index (χ2v) is 8.52. The van der Waals surface area contributed by atoms with Crippen LogP contribution in [0.15, 0.2) is 103 Å². The number of fused-ring (bicyclic) bond motifs is 1. The summed E-state index contributed by atoms with van der Waals surface area (Å²) in [7, 11) is 1.57. The molecule has 1 heterocycles. The van der Waals surface area contributed by atoms with Crippen molar-refractivity contribution in [1.29, 1.82) is 0 Å². The Hall–Kier alpha value is -4.91. The summed E-state index contributed by atoms with van der Waals surface area (Å²) in [6.07, 6.45) is 0. The lowest BCUT2D eigenvalue weighted by Gasteiger charge is -2.12. The molecule has 2 N–H and O–H groups in total. The molecule has 6 nitrogen and oxygen atoms in total. The fourth-order valence-corrected chi connectivity index (χ4v) is 4.19. The van der Waals surface area contributed by atoms with Gasteiger partial charge in [-0.3, -0.25) is 9.59 Å². The number of carbonyl (C=O) groups is 2. The molecule has 37 heavy (non-hydrogen) atoms. The first-order chi connectivity index (χ1) is 18.0. The first-order valence-electron chi connectivity index (χ1n) is 11.7. The zero-order valence-electron chi connectivity index (χ0n) is 20.1. The molecule has 0 saturated heterocycles. The smallest absolute Gasteiger partial charge is 0.272 e. The van der Waals surface area contributed by atoms with Gasteiger partial charge in [-0.05, 0) is 78.4 Å². The number of halogens is 1. The molecule has 7 heteroatoms. The second kappa shape index (κ2) is 10.4. The van der Waals surface area contributed by atoms with Gasteiger partial charge in [0, 0.05) is 34.4 Å². The van der Waals surface area contributed by atoms with Gasteiger partial charge < -0.3 is 19.9 Å². The van der Waals surface area contributed by atoms with Crippen LogP contribution < -0.4 is 15.4 Å². The Morgan fingerprint density at radius 1 is 0.784 bits per heavy atom. The maximum atomic E-state index is 13.9. The number of amides is 2. The van der Waals surface area contributed by atoms with Crippen molar-refractivity contribution >= 4 is 34.1 Å². The van der Waals surface area contributed by atoms with E-state index < -0.39 is 0 Å². The number of aromatic nitrogens is 1. The Labute approximate surface area is 213 Å². The highest BCUT2D eigenvalue weighted by Crippen LogP contribution is 2.26. The molecule has 0 aliphatic carbocycles. The Morgan fingerprint density at radius 2 is 1.54 bits per heavy atom. The average Bonchev–Trinajstić information content (AvgIpc) is 3.27. The van der Waals surface area contributed by atoms with Crippen LogP contribution in [0.2, 0.25) is 0 Å². The second-order valence-electron chi connectivity index (χ2n) is 8.52. The van der Waals surface area contributed by atoms with E-state index in [2.05, 4.69) is 10.6 Å². The summed E-state index contributed by atoms with van der Waals surface area (Å²) >= 11 is 0. The normalized spacial score (nSPS) is 10.8. The minimum absolute atomic E-state index is 0.261. The van der Waals surface area contributed by atoms with Crippen LogP contribution in [0.4, 0.5) is 15.8 Å². The maximum Gasteiger partial charge on any atom is 0.272 e. The van der Waals surface area contributed by atoms with E-state index in [4.69, 9.17) is 4.74 Å². The molecule has 2 amide bonds. The van der Waals surface area contributed by atoms with Gasteiger partial charge in [0.15, 0.2) is 0 Å². The summed E-state index contributed by atoms with van der Waals surface area (Å²) in [5.74, 6) is -0.224. The monoisotopic (exact) mass is 493 g/mol. The van der Waals surface area contributed by atoms with Gasteiger partial charge in [0.1, 0.15) is 17.3 Å². The number of carbonyl (C=O) groups excluding carboxylic acids is 2. The van der Waals surface area contributed by atoms with E-state index in [0.717, 1.165) is 16.5 Å². The van der Waals surface area contributed by atoms with Crippen molar-refractivity contribution in [1.82, 2.24) is 4.57 Å². The van der Waals surface area contributed by atoms with E-state index in [0.29, 0.717) is 34.9 Å². The predicted molar refractivity (Wildman–Crippen MR) is 143 cm³/mol. The lowest BCUT2D eigenvalue weighted by molar-refractivity contribution is 0.101. The summed E-state index contributed by atoms with van der Waals surface area (Å²) in [5, 5.41) is 6.59. The number of nitrogens with zero attached hydrogens (tertiary/aromatic N) is 1. The molecule has 0 bridgehead atoms. The maximum absolute atomic E-state index is 13.9. The van der Waals surface area contributed by atoms with Gasteiger partial charge in [-0.25, -0.2) is 4.39 Å². The molecule has 184 valence electrons. The number of rotatable bonds is 7. The highest BCUT2D eigenvalue weighted by molar-refractivity contribution is 6.08. The molecule has 0 spiro atoms. The summed E-state index contributed by atoms with van der Waals surface area (Å²) < 4.78 is 20.9. The summed E-state index contributed by atoms with van der Waals surface area (Å²) in [5.41, 5.74) is 3.68. The van der Waals surface area contributed by atoms with E-state index in [9.17, 15) is 14.0 Å². The van der Waals surface area contributed by atoms with Gasteiger partial charge in [-0.1, -0.05) is 30.3 Å². The van der Waals surface area contributed by atoms with Crippen molar-refractivity contribution in [2.45, 2.75) is 6.54 Å². The molecule has 0 saturated carbocycles. The van der Waals surface area contributed by atoms with Crippen LogP contribution in [0.5, 0.6) is 5.75 Å². The fourth-order valence-electron chi connectivity index (χ4n) is 4.19. The van der Waals surface area contributed by atoms with Gasteiger partial charge in [0.05, 0.1) is 7.11 Å². The number of methoxy groups -OCH3 is 1. The first kappa shape index (κ1) is 23.8. The number of hydrogen-bond acceptors (Lipinski definition) is 3. The summed E-state index contributed by atoms with van der Waals surface area (Å²) in [4.78, 5) is 26.0. The van der Waals surface area contributed by atoms with Crippen LogP contribution in [0.25, 0.3) is 10.9 Å². The van der Waals surface area contributed by atoms with Crippen LogP contribution in [-0.2, 0) is 6.54 Å². The van der Waals surface area contributed by atoms with Crippen LogP contribution >= 0.6 is 0 Å². The SMILES string of the molecule is COc1ccc(C(=O)Nc2ccc3c(c2)cc(C(=O)Nc2ccccc2)n3Cc2cccc(F)c2)cc1. The van der Waals surface area contributed by atoms with Gasteiger partial charge >= 0.3 is 0 Å². The predicted octanol–water partition coefficient (Wildman–Crippen LogP) is 6.34. The largest absolute Gasteiger partial charge is 0.497 e. The Morgan fingerprint density at radius 3 is 2.27 bits per heavy atom. The quantitative estimate of drug-likeness (QED) is 0.278. The molecular weight excluding hydrogens is 469 g/mol. The molecule has 0 aliphatic rings. The zero-order valence-corrected chi connectivity index (χ0v) is 20.1. The molecule has 5 rings (SSSR count). The number of nitrogens with one attached hydrogen (secondary N) is 2. The Kier molecular flexibility index (Phi) is 6.68. The Balaban J connectivity index is 1.48. The summed E-state index contributed by atoms with van der Waals surface area (Å²) in [6, 6.07) is 29.5. The number of anilines is 2. The third-order valence-corrected chi connectivity index (χ3v) is 6.01. The van der Waals surface area contributed by atoms with Crippen molar-refractivity contribution in [3.05, 3.63) is 126 Å². The van der Waals surface area contributed by atoms with Gasteiger partial charge in [0.2, 0.25) is 0 Å². The molecule has 4 aromatic carbocycles. The highest BCUT2D eigenvalue weighted by atomic mass is 19.1. The molecule has 0 aliphatic heterocycles. The zero-order chi connectivity index (χ0) is 25.8. The minimum atomic E-state index is -0.340. The van der Waals surface area contributed by atoms with E-state index in [1.807, 2.05) is 53.1 Å². The molecule has 0 radical (unpaired) electrons. The lowest BCUT2D eigenvalue weighted by atomic mass is 10.2. The standard InChI is InChI=1S/C30H24FN3O3/c1-37-26-13-10-21(11-14-26)29(35)33-25-12-15-27-22(17-25)18-28(30(36)32-24-8-3-2-4-9-24)34(27)19-20-6-5-7-23(31)16-20/h2-18H,19H2,1H3,(H,32,36)(H,33,35). The van der Waals surface area contributed by atoms with Crippen LogP contribution in [0, 0.1) is 5.82 Å². The molecule has 0 atom stereocenters. The van der Waals surface area contributed by atoms with Gasteiger partial charge in [-0.15, -0.1) is 0 Å². The molecular formula is C30H24FN3O3. The third kappa shape index (κ3) is 5.36. The van der Waals surface area contributed by atoms with Crippen molar-refractivity contribution in [3.8, 4) is 5.75 Å². The van der Waals surface area contributed by atoms with Gasteiger partial charge in [0.25, 0.3) is 11.8 Å². The third-order valence-electron chi connectivity index (χ3n) is 6.01. The van der Waals surface area contributed by atoms with Crippen molar-refractivity contribution in [3.63, 3.8) is 0 Å². The van der Waals surface area contributed by atoms with Crippen molar-refractivity contribution < 1.29 is 18.7 Å². The van der Waals surface area contributed by atoms with Crippen molar-refractivity contribution in [2.75, 3.05) is 17.7 Å². The average molecular weight is 494 g/mol. The number of ether oxygens (including phenoxy) is 1. The van der Waals surface area contributed by atoms with Crippen molar-refractivity contribution in [2.24, 2.45) is 0 Å². The topological polar surface area (TPSA) is 72.4 Å². The Bertz CT molecular complexity index is 1580.